The van der Waals surface area contributed by atoms with Crippen molar-refractivity contribution in [3.63, 3.8) is 0 Å². The molecule has 4 unspecified atom stereocenters. The monoisotopic (exact) mass is 792 g/mol. The number of methoxy groups -OCH3 is 1. The van der Waals surface area contributed by atoms with Gasteiger partial charge in [0, 0.05) is 38.1 Å². The summed E-state index contributed by atoms with van der Waals surface area (Å²) in [5.74, 6) is -2.62. The summed E-state index contributed by atoms with van der Waals surface area (Å²) in [5.41, 5.74) is -4.12. The molecule has 3 heterocycles. The van der Waals surface area contributed by atoms with Crippen LogP contribution in [0.1, 0.15) is 101 Å². The van der Waals surface area contributed by atoms with E-state index in [1.807, 2.05) is 53.6 Å². The number of carbonyl (C=O) groups excluding carboxylic acids is 1. The molecule has 0 saturated carbocycles. The summed E-state index contributed by atoms with van der Waals surface area (Å²) >= 11 is 0. The molecule has 0 aromatic carbocycles. The summed E-state index contributed by atoms with van der Waals surface area (Å²) < 4.78 is 38.1. The van der Waals surface area contributed by atoms with E-state index in [0.717, 1.165) is 6.42 Å². The first kappa shape index (κ1) is 48.3. The fourth-order valence-electron chi connectivity index (χ4n) is 8.82. The van der Waals surface area contributed by atoms with Gasteiger partial charge in [0.25, 0.3) is 0 Å². The van der Waals surface area contributed by atoms with Crippen molar-refractivity contribution in [2.75, 3.05) is 40.8 Å². The zero-order chi connectivity index (χ0) is 41.6. The number of hydrogen-bond acceptors (Lipinski definition) is 15. The second-order valence-electron chi connectivity index (χ2n) is 17.6. The quantitative estimate of drug-likeness (QED) is 0.117. The number of ether oxygens (including phenoxy) is 6. The highest BCUT2D eigenvalue weighted by molar-refractivity contribution is 5.73. The van der Waals surface area contributed by atoms with Gasteiger partial charge in [-0.05, 0) is 100 Å². The zero-order valence-corrected chi connectivity index (χ0v) is 35.9. The van der Waals surface area contributed by atoms with Gasteiger partial charge in [0.15, 0.2) is 12.6 Å². The topological polar surface area (TPSA) is 201 Å². The molecule has 7 N–H and O–H groups in total. The molecule has 0 spiro atoms. The van der Waals surface area contributed by atoms with Crippen LogP contribution in [-0.4, -0.2) is 168 Å². The minimum atomic E-state index is -1.57. The average molecular weight is 792 g/mol. The van der Waals surface area contributed by atoms with Crippen LogP contribution in [0, 0.1) is 17.8 Å². The molecule has 18 atom stereocenters. The van der Waals surface area contributed by atoms with Crippen LogP contribution in [0.4, 0.5) is 0 Å². The second-order valence-corrected chi connectivity index (χ2v) is 17.6. The van der Waals surface area contributed by atoms with Gasteiger partial charge in [-0.1, -0.05) is 27.7 Å². The van der Waals surface area contributed by atoms with Crippen LogP contribution in [0.15, 0.2) is 0 Å². The molecule has 0 amide bonds. The molecule has 3 aliphatic rings. The number of cyclic esters (lactones) is 1. The number of hydrogen-bond donors (Lipinski definition) is 7. The summed E-state index contributed by atoms with van der Waals surface area (Å²) in [7, 11) is 5.30. The lowest BCUT2D eigenvalue weighted by Crippen LogP contribution is -2.70. The third kappa shape index (κ3) is 11.4. The molecule has 324 valence electrons. The third-order valence-electron chi connectivity index (χ3n) is 12.6. The maximum absolute atomic E-state index is 14.2. The summed E-state index contributed by atoms with van der Waals surface area (Å²) in [6.45, 7) is 19.4. The van der Waals surface area contributed by atoms with E-state index in [-0.39, 0.29) is 43.9 Å². The van der Waals surface area contributed by atoms with Gasteiger partial charge in [-0.25, -0.2) is 0 Å². The van der Waals surface area contributed by atoms with Crippen LogP contribution in [0.3, 0.4) is 0 Å². The van der Waals surface area contributed by atoms with Crippen LogP contribution in [0.2, 0.25) is 0 Å². The minimum Gasteiger partial charge on any atom is -0.459 e. The van der Waals surface area contributed by atoms with Gasteiger partial charge in [-0.3, -0.25) is 4.79 Å². The summed E-state index contributed by atoms with van der Waals surface area (Å²) in [6.07, 6.45) is -7.90. The number of rotatable bonds is 11. The van der Waals surface area contributed by atoms with E-state index in [0.29, 0.717) is 19.5 Å². The van der Waals surface area contributed by atoms with Crippen molar-refractivity contribution in [1.29, 1.82) is 0 Å². The Morgan fingerprint density at radius 2 is 1.60 bits per heavy atom. The van der Waals surface area contributed by atoms with Crippen molar-refractivity contribution < 1.29 is 58.7 Å². The second kappa shape index (κ2) is 20.3. The van der Waals surface area contributed by atoms with Gasteiger partial charge < -0.3 is 69.5 Å². The molecular weight excluding hydrogens is 714 g/mol. The normalized spacial score (nSPS) is 47.2. The summed E-state index contributed by atoms with van der Waals surface area (Å²) in [6, 6.07) is -0.841. The van der Waals surface area contributed by atoms with E-state index in [9.17, 15) is 30.3 Å². The molecule has 0 bridgehead atoms. The lowest BCUT2D eigenvalue weighted by Gasteiger charge is -2.53. The minimum absolute atomic E-state index is 0.0978. The van der Waals surface area contributed by atoms with Crippen molar-refractivity contribution in [1.82, 2.24) is 15.5 Å². The lowest BCUT2D eigenvalue weighted by molar-refractivity contribution is -0.336. The number of carbonyl (C=O) groups is 1. The maximum Gasteiger partial charge on any atom is 0.311 e. The molecule has 0 aromatic rings. The highest BCUT2D eigenvalue weighted by Gasteiger charge is 2.58. The van der Waals surface area contributed by atoms with Crippen molar-refractivity contribution in [3.8, 4) is 0 Å². The van der Waals surface area contributed by atoms with E-state index in [4.69, 9.17) is 28.4 Å². The smallest absolute Gasteiger partial charge is 0.311 e. The highest BCUT2D eigenvalue weighted by atomic mass is 16.7. The number of esters is 1. The Hall–Kier alpha value is -1.05. The molecule has 15 heteroatoms. The van der Waals surface area contributed by atoms with Crippen LogP contribution >= 0.6 is 0 Å². The van der Waals surface area contributed by atoms with Crippen LogP contribution in [-0.2, 0) is 33.2 Å². The SMILES string of the molecule is CCCNC[C@]1(O)C(C)O[C@@H](O[C@H]2[C@H](C)[C@@H](OC3OC(C)C[C@H](N(C)C)[C@H]3O)C(C)(O)C[C@@H](C)CN[C@H](C)[C@@H](O)[C@H](O)[C@@H](CC)OC(=O)[C@@H]2C)C[C@@]1(C)OC. The third-order valence-corrected chi connectivity index (χ3v) is 12.6. The molecular formula is C40H77N3O12. The summed E-state index contributed by atoms with van der Waals surface area (Å²) in [4.78, 5) is 16.1. The van der Waals surface area contributed by atoms with E-state index in [1.165, 1.54) is 7.11 Å². The Labute approximate surface area is 330 Å². The van der Waals surface area contributed by atoms with Crippen molar-refractivity contribution in [2.45, 2.75) is 192 Å². The van der Waals surface area contributed by atoms with E-state index in [2.05, 4.69) is 10.6 Å². The Kier molecular flexibility index (Phi) is 17.8. The molecule has 0 aliphatic carbocycles. The molecule has 3 fully saturated rings. The number of aliphatic hydroxyl groups is 5. The van der Waals surface area contributed by atoms with E-state index < -0.39 is 96.0 Å². The van der Waals surface area contributed by atoms with Gasteiger partial charge in [0.2, 0.25) is 0 Å². The average Bonchev–Trinajstić information content (AvgIpc) is 3.12. The maximum atomic E-state index is 14.2. The Bertz CT molecular complexity index is 1180. The predicted octanol–water partition coefficient (Wildman–Crippen LogP) is 1.54. The van der Waals surface area contributed by atoms with Crippen molar-refractivity contribution in [2.24, 2.45) is 17.8 Å². The molecule has 0 radical (unpaired) electrons. The van der Waals surface area contributed by atoms with Gasteiger partial charge >= 0.3 is 5.97 Å². The zero-order valence-electron chi connectivity index (χ0n) is 35.9. The first-order valence-corrected chi connectivity index (χ1v) is 20.5. The molecule has 3 aliphatic heterocycles. The number of nitrogens with zero attached hydrogens (tertiary/aromatic N) is 1. The van der Waals surface area contributed by atoms with Gasteiger partial charge in [0.1, 0.15) is 29.5 Å². The highest BCUT2D eigenvalue weighted by Crippen LogP contribution is 2.43. The van der Waals surface area contributed by atoms with Crippen molar-refractivity contribution in [3.05, 3.63) is 0 Å². The lowest BCUT2D eigenvalue weighted by atomic mass is 9.75. The molecule has 3 saturated heterocycles. The van der Waals surface area contributed by atoms with Crippen molar-refractivity contribution >= 4 is 5.97 Å². The fourth-order valence-corrected chi connectivity index (χ4v) is 8.82. The number of nitrogens with one attached hydrogen (secondary N) is 2. The molecule has 0 aromatic heterocycles. The van der Waals surface area contributed by atoms with Gasteiger partial charge in [-0.2, -0.15) is 0 Å². The van der Waals surface area contributed by atoms with Crippen LogP contribution in [0.25, 0.3) is 0 Å². The van der Waals surface area contributed by atoms with Gasteiger partial charge in [0.05, 0.1) is 42.0 Å². The Morgan fingerprint density at radius 1 is 0.945 bits per heavy atom. The predicted molar refractivity (Wildman–Crippen MR) is 207 cm³/mol. The van der Waals surface area contributed by atoms with E-state index >= 15 is 0 Å². The number of likely N-dealkylation sites (N-methyl/N-ethyl adjacent to an activating group) is 1. The Morgan fingerprint density at radius 3 is 2.18 bits per heavy atom. The fraction of sp³-hybridized carbons (Fsp3) is 0.975. The van der Waals surface area contributed by atoms with Gasteiger partial charge in [-0.15, -0.1) is 0 Å². The van der Waals surface area contributed by atoms with Crippen LogP contribution < -0.4 is 10.6 Å². The first-order chi connectivity index (χ1) is 25.6. The molecule has 15 nitrogen and oxygen atoms in total. The largest absolute Gasteiger partial charge is 0.459 e. The van der Waals surface area contributed by atoms with E-state index in [1.54, 1.807) is 34.6 Å². The molecule has 3 rings (SSSR count). The molecule has 55 heavy (non-hydrogen) atoms. The standard InChI is InChI=1S/C40H77N3O12/c1-14-16-41-21-40(49)27(8)52-30(19-39(40,10)50-13)54-34-24(5)35(55-37-32(45)28(43(11)12)17-23(4)51-37)38(9,48)18-22(3)20-42-26(7)31(44)33(46)29(15-2)53-36(47)25(34)6/h22-35,37,41-42,44-46,48-49H,14-21H2,1-13H3/t22-,23?,24+,25-,26-,27?,28+,29-,30+,31-,32-,33-,34+,35-,37?,38?,39-,40+/m1/s1. The first-order valence-electron chi connectivity index (χ1n) is 20.5. The Balaban J connectivity index is 2.13. The van der Waals surface area contributed by atoms with Crippen LogP contribution in [0.5, 0.6) is 0 Å². The summed E-state index contributed by atoms with van der Waals surface area (Å²) in [5, 5.41) is 64.9. The number of aliphatic hydroxyl groups excluding tert-OH is 3.